The molecule has 2 N–H and O–H groups in total. The van der Waals surface area contributed by atoms with Gasteiger partial charge >= 0.3 is 0 Å². The Bertz CT molecular complexity index is 919. The predicted octanol–water partition coefficient (Wildman–Crippen LogP) is 4.97. The van der Waals surface area contributed by atoms with E-state index in [-0.39, 0.29) is 11.6 Å². The first kappa shape index (κ1) is 23.1. The van der Waals surface area contributed by atoms with Crippen LogP contribution in [0.5, 0.6) is 0 Å². The van der Waals surface area contributed by atoms with Gasteiger partial charge in [0, 0.05) is 47.8 Å². The smallest absolute Gasteiger partial charge is 0.187 e. The molecule has 2 aromatic rings. The van der Waals surface area contributed by atoms with Crippen molar-refractivity contribution in [3.05, 3.63) is 93.3 Å². The number of nitrogens with one attached hydrogen (secondary N) is 2. The van der Waals surface area contributed by atoms with E-state index in [0.29, 0.717) is 24.2 Å². The number of benzene rings is 2. The molecule has 158 valence electrons. The van der Waals surface area contributed by atoms with E-state index in [9.17, 15) is 9.59 Å². The van der Waals surface area contributed by atoms with Gasteiger partial charge in [0.2, 0.25) is 0 Å². The van der Waals surface area contributed by atoms with Crippen molar-refractivity contribution in [2.45, 2.75) is 41.5 Å². The van der Waals surface area contributed by atoms with E-state index in [4.69, 9.17) is 0 Å². The molecule has 0 saturated heterocycles. The lowest BCUT2D eigenvalue weighted by Gasteiger charge is -2.10. The van der Waals surface area contributed by atoms with E-state index in [1.165, 1.54) is 11.1 Å². The summed E-state index contributed by atoms with van der Waals surface area (Å²) in [4.78, 5) is 24.8. The van der Waals surface area contributed by atoms with Crippen molar-refractivity contribution in [1.82, 2.24) is 10.6 Å². The lowest BCUT2D eigenvalue weighted by Crippen LogP contribution is -2.26. The van der Waals surface area contributed by atoms with Crippen molar-refractivity contribution >= 4 is 11.6 Å². The summed E-state index contributed by atoms with van der Waals surface area (Å²) < 4.78 is 0. The molecule has 2 aromatic carbocycles. The van der Waals surface area contributed by atoms with E-state index < -0.39 is 0 Å². The Balaban J connectivity index is 1.82. The second-order valence-electron chi connectivity index (χ2n) is 7.83. The summed E-state index contributed by atoms with van der Waals surface area (Å²) in [6.45, 7) is 13.1. The second kappa shape index (κ2) is 10.6. The molecule has 30 heavy (non-hydrogen) atoms. The zero-order valence-electron chi connectivity index (χ0n) is 18.8. The third-order valence-corrected chi connectivity index (χ3v) is 5.21. The zero-order valence-corrected chi connectivity index (χ0v) is 18.8. The minimum atomic E-state index is -0.00822. The van der Waals surface area contributed by atoms with Crippen molar-refractivity contribution in [2.75, 3.05) is 13.1 Å². The molecule has 0 saturated carbocycles. The fraction of sp³-hybridized carbons (Fsp3) is 0.308. The highest BCUT2D eigenvalue weighted by atomic mass is 16.1. The van der Waals surface area contributed by atoms with Gasteiger partial charge in [-0.25, -0.2) is 0 Å². The van der Waals surface area contributed by atoms with Crippen LogP contribution in [0.4, 0.5) is 0 Å². The van der Waals surface area contributed by atoms with Gasteiger partial charge < -0.3 is 10.6 Å². The maximum atomic E-state index is 12.4. The first-order chi connectivity index (χ1) is 14.2. The van der Waals surface area contributed by atoms with Crippen molar-refractivity contribution < 1.29 is 9.59 Å². The van der Waals surface area contributed by atoms with Crippen LogP contribution in [0, 0.1) is 27.7 Å². The molecule has 0 amide bonds. The molecule has 0 aliphatic heterocycles. The first-order valence-corrected chi connectivity index (χ1v) is 10.2. The Hall–Kier alpha value is -3.14. The standard InChI is InChI=1S/C26H32N2O2/c1-17-7-9-23(13-19(17)3)25(29)15-21(5)27-11-12-28-22(6)16-26(30)24-10-8-18(2)20(4)14-24/h7-10,13-16,27-28H,11-12H2,1-6H3/b21-15-,22-16-. The summed E-state index contributed by atoms with van der Waals surface area (Å²) in [7, 11) is 0. The van der Waals surface area contributed by atoms with Crippen LogP contribution in [0.3, 0.4) is 0 Å². The van der Waals surface area contributed by atoms with E-state index in [2.05, 4.69) is 10.6 Å². The summed E-state index contributed by atoms with van der Waals surface area (Å²) in [6, 6.07) is 11.5. The summed E-state index contributed by atoms with van der Waals surface area (Å²) in [6.07, 6.45) is 3.24. The second-order valence-corrected chi connectivity index (χ2v) is 7.83. The molecule has 0 atom stereocenters. The average Bonchev–Trinajstić information content (AvgIpc) is 2.69. The van der Waals surface area contributed by atoms with Crippen LogP contribution in [0.25, 0.3) is 0 Å². The maximum Gasteiger partial charge on any atom is 0.187 e. The number of ketones is 2. The average molecular weight is 405 g/mol. The Kier molecular flexibility index (Phi) is 8.16. The van der Waals surface area contributed by atoms with Gasteiger partial charge in [-0.15, -0.1) is 0 Å². The maximum absolute atomic E-state index is 12.4. The van der Waals surface area contributed by atoms with Crippen LogP contribution in [0.15, 0.2) is 59.9 Å². The highest BCUT2D eigenvalue weighted by Crippen LogP contribution is 2.12. The SMILES string of the molecule is C/C(=C/C(=O)c1ccc(C)c(C)c1)NCCN/C(C)=C\C(=O)c1ccc(C)c(C)c1. The number of allylic oxidation sites excluding steroid dienone is 4. The van der Waals surface area contributed by atoms with Crippen molar-refractivity contribution in [1.29, 1.82) is 0 Å². The molecule has 0 aliphatic carbocycles. The van der Waals surface area contributed by atoms with Gasteiger partial charge in [-0.1, -0.05) is 24.3 Å². The molecule has 0 fully saturated rings. The number of hydrogen-bond donors (Lipinski definition) is 2. The number of rotatable bonds is 9. The van der Waals surface area contributed by atoms with Crippen LogP contribution >= 0.6 is 0 Å². The highest BCUT2D eigenvalue weighted by molar-refractivity contribution is 6.05. The molecule has 0 unspecified atom stereocenters. The van der Waals surface area contributed by atoms with Crippen LogP contribution in [0.1, 0.15) is 56.8 Å². The van der Waals surface area contributed by atoms with E-state index in [0.717, 1.165) is 22.5 Å². The van der Waals surface area contributed by atoms with Gasteiger partial charge in [-0.05, 0) is 75.9 Å². The third-order valence-electron chi connectivity index (χ3n) is 5.21. The fourth-order valence-corrected chi connectivity index (χ4v) is 2.97. The lowest BCUT2D eigenvalue weighted by molar-refractivity contribution is 0.103. The topological polar surface area (TPSA) is 58.2 Å². The van der Waals surface area contributed by atoms with E-state index in [1.807, 2.05) is 77.9 Å². The van der Waals surface area contributed by atoms with E-state index in [1.54, 1.807) is 12.2 Å². The molecule has 0 aromatic heterocycles. The van der Waals surface area contributed by atoms with Crippen molar-refractivity contribution in [3.63, 3.8) is 0 Å². The molecule has 4 nitrogen and oxygen atoms in total. The van der Waals surface area contributed by atoms with Crippen molar-refractivity contribution in [2.24, 2.45) is 0 Å². The molecular formula is C26H32N2O2. The Morgan fingerprint density at radius 1 is 0.667 bits per heavy atom. The molecule has 0 aliphatic rings. The van der Waals surface area contributed by atoms with Crippen LogP contribution in [-0.2, 0) is 0 Å². The number of carbonyl (C=O) groups is 2. The lowest BCUT2D eigenvalue weighted by atomic mass is 10.0. The van der Waals surface area contributed by atoms with Crippen molar-refractivity contribution in [3.8, 4) is 0 Å². The zero-order chi connectivity index (χ0) is 22.3. The summed E-state index contributed by atoms with van der Waals surface area (Å²) in [5.41, 5.74) is 7.60. The largest absolute Gasteiger partial charge is 0.387 e. The van der Waals surface area contributed by atoms with Crippen LogP contribution in [0.2, 0.25) is 0 Å². The minimum absolute atomic E-state index is 0.00822. The van der Waals surface area contributed by atoms with Gasteiger partial charge in [-0.2, -0.15) is 0 Å². The monoisotopic (exact) mass is 404 g/mol. The van der Waals surface area contributed by atoms with Gasteiger partial charge in [-0.3, -0.25) is 9.59 Å². The Labute approximate surface area is 180 Å². The van der Waals surface area contributed by atoms with Gasteiger partial charge in [0.1, 0.15) is 0 Å². The van der Waals surface area contributed by atoms with Crippen LogP contribution < -0.4 is 10.6 Å². The predicted molar refractivity (Wildman–Crippen MR) is 124 cm³/mol. The van der Waals surface area contributed by atoms with Gasteiger partial charge in [0.15, 0.2) is 11.6 Å². The number of hydrogen-bond acceptors (Lipinski definition) is 4. The Morgan fingerprint density at radius 2 is 1.03 bits per heavy atom. The van der Waals surface area contributed by atoms with Gasteiger partial charge in [0.05, 0.1) is 0 Å². The van der Waals surface area contributed by atoms with Crippen LogP contribution in [-0.4, -0.2) is 24.7 Å². The van der Waals surface area contributed by atoms with Gasteiger partial charge in [0.25, 0.3) is 0 Å². The summed E-state index contributed by atoms with van der Waals surface area (Å²) >= 11 is 0. The molecular weight excluding hydrogens is 372 g/mol. The summed E-state index contributed by atoms with van der Waals surface area (Å²) in [5, 5.41) is 6.46. The quantitative estimate of drug-likeness (QED) is 0.352. The normalized spacial score (nSPS) is 11.9. The molecule has 0 heterocycles. The third kappa shape index (κ3) is 6.73. The first-order valence-electron chi connectivity index (χ1n) is 10.2. The molecule has 0 bridgehead atoms. The van der Waals surface area contributed by atoms with E-state index >= 15 is 0 Å². The number of aryl methyl sites for hydroxylation is 4. The highest BCUT2D eigenvalue weighted by Gasteiger charge is 2.06. The molecule has 2 rings (SSSR count). The fourth-order valence-electron chi connectivity index (χ4n) is 2.97. The molecule has 0 spiro atoms. The number of carbonyl (C=O) groups excluding carboxylic acids is 2. The minimum Gasteiger partial charge on any atom is -0.387 e. The summed E-state index contributed by atoms with van der Waals surface area (Å²) in [5.74, 6) is -0.0164. The molecule has 0 radical (unpaired) electrons. The Morgan fingerprint density at radius 3 is 1.37 bits per heavy atom. The molecule has 4 heteroatoms.